The molecule has 2 heterocycles. The van der Waals surface area contributed by atoms with E-state index in [0.717, 1.165) is 29.0 Å². The summed E-state index contributed by atoms with van der Waals surface area (Å²) in [4.78, 5) is 4.38. The highest BCUT2D eigenvalue weighted by molar-refractivity contribution is 5.90. The van der Waals surface area contributed by atoms with Crippen molar-refractivity contribution >= 4 is 16.7 Å². The van der Waals surface area contributed by atoms with E-state index in [4.69, 9.17) is 4.52 Å². The monoisotopic (exact) mass is 285 g/mol. The van der Waals surface area contributed by atoms with Crippen molar-refractivity contribution in [3.63, 3.8) is 0 Å². The van der Waals surface area contributed by atoms with Crippen LogP contribution in [0.25, 0.3) is 10.9 Å². The van der Waals surface area contributed by atoms with E-state index in [0.29, 0.717) is 18.4 Å². The summed E-state index contributed by atoms with van der Waals surface area (Å²) in [6.07, 6.45) is 0.829. The van der Waals surface area contributed by atoms with Crippen LogP contribution in [0.1, 0.15) is 25.6 Å². The lowest BCUT2D eigenvalue weighted by molar-refractivity contribution is 0.375. The van der Waals surface area contributed by atoms with Gasteiger partial charge in [0.25, 0.3) is 0 Å². The molecular formula is C15H19N5O. The first-order valence-corrected chi connectivity index (χ1v) is 7.10. The normalized spacial score (nSPS) is 11.4. The highest BCUT2D eigenvalue weighted by Crippen LogP contribution is 2.22. The van der Waals surface area contributed by atoms with E-state index in [1.54, 1.807) is 0 Å². The maximum atomic E-state index is 5.25. The van der Waals surface area contributed by atoms with E-state index < -0.39 is 0 Å². The predicted octanol–water partition coefficient (Wildman–Crippen LogP) is 2.77. The first-order chi connectivity index (χ1) is 10.1. The van der Waals surface area contributed by atoms with Crippen LogP contribution in [-0.4, -0.2) is 19.9 Å². The molecule has 6 heteroatoms. The Morgan fingerprint density at radius 1 is 1.29 bits per heavy atom. The summed E-state index contributed by atoms with van der Waals surface area (Å²) < 4.78 is 7.10. The molecule has 2 aromatic heterocycles. The number of nitrogens with one attached hydrogen (secondary N) is 1. The highest BCUT2D eigenvalue weighted by Gasteiger charge is 2.11. The third kappa shape index (κ3) is 2.89. The van der Waals surface area contributed by atoms with E-state index in [2.05, 4.69) is 34.4 Å². The van der Waals surface area contributed by atoms with Crippen LogP contribution < -0.4 is 5.32 Å². The van der Waals surface area contributed by atoms with Crippen LogP contribution in [0.3, 0.4) is 0 Å². The Balaban J connectivity index is 1.73. The van der Waals surface area contributed by atoms with E-state index in [1.165, 1.54) is 0 Å². The molecule has 0 saturated carbocycles. The Labute approximate surface area is 123 Å². The molecule has 1 aromatic carbocycles. The zero-order valence-electron chi connectivity index (χ0n) is 12.5. The third-order valence-electron chi connectivity index (χ3n) is 3.27. The van der Waals surface area contributed by atoms with Crippen LogP contribution in [0.2, 0.25) is 0 Å². The zero-order valence-corrected chi connectivity index (χ0v) is 12.5. The molecule has 0 aliphatic rings. The van der Waals surface area contributed by atoms with Crippen LogP contribution in [0.5, 0.6) is 0 Å². The first kappa shape index (κ1) is 13.6. The van der Waals surface area contributed by atoms with Crippen molar-refractivity contribution < 1.29 is 4.52 Å². The minimum Gasteiger partial charge on any atom is -0.359 e. The molecule has 0 amide bonds. The van der Waals surface area contributed by atoms with Gasteiger partial charge in [0.15, 0.2) is 11.6 Å². The fourth-order valence-electron chi connectivity index (χ4n) is 2.31. The second-order valence-electron chi connectivity index (χ2n) is 5.55. The van der Waals surface area contributed by atoms with E-state index in [1.807, 2.05) is 36.0 Å². The van der Waals surface area contributed by atoms with Gasteiger partial charge in [0.05, 0.1) is 12.1 Å². The fraction of sp³-hybridized carbons (Fsp3) is 0.400. The Morgan fingerprint density at radius 2 is 2.10 bits per heavy atom. The molecule has 110 valence electrons. The minimum atomic E-state index is 0.478. The topological polar surface area (TPSA) is 68.8 Å². The summed E-state index contributed by atoms with van der Waals surface area (Å²) in [5, 5.41) is 12.8. The molecule has 6 nitrogen and oxygen atoms in total. The number of aromatic nitrogens is 4. The molecule has 0 fully saturated rings. The lowest BCUT2D eigenvalue weighted by Gasteiger charge is -1.99. The molecule has 0 bridgehead atoms. The van der Waals surface area contributed by atoms with Crippen LogP contribution >= 0.6 is 0 Å². The predicted molar refractivity (Wildman–Crippen MR) is 80.9 cm³/mol. The molecule has 0 saturated heterocycles. The largest absolute Gasteiger partial charge is 0.359 e. The molecule has 0 aliphatic heterocycles. The van der Waals surface area contributed by atoms with Gasteiger partial charge in [-0.25, -0.2) is 0 Å². The van der Waals surface area contributed by atoms with Crippen molar-refractivity contribution in [3.8, 4) is 0 Å². The molecule has 0 spiro atoms. The Morgan fingerprint density at radius 3 is 2.90 bits per heavy atom. The molecule has 0 aliphatic carbocycles. The summed E-state index contributed by atoms with van der Waals surface area (Å²) in [7, 11) is 1.93. The van der Waals surface area contributed by atoms with Gasteiger partial charge in [0.2, 0.25) is 5.89 Å². The van der Waals surface area contributed by atoms with Gasteiger partial charge in [-0.2, -0.15) is 10.1 Å². The number of anilines is 1. The van der Waals surface area contributed by atoms with Gasteiger partial charge in [-0.3, -0.25) is 4.68 Å². The van der Waals surface area contributed by atoms with Crippen molar-refractivity contribution in [1.29, 1.82) is 0 Å². The molecular weight excluding hydrogens is 266 g/mol. The summed E-state index contributed by atoms with van der Waals surface area (Å²) in [6, 6.07) is 8.09. The zero-order chi connectivity index (χ0) is 14.8. The quantitative estimate of drug-likeness (QED) is 0.780. The maximum absolute atomic E-state index is 5.25. The summed E-state index contributed by atoms with van der Waals surface area (Å²) >= 11 is 0. The van der Waals surface area contributed by atoms with Gasteiger partial charge in [0, 0.05) is 18.9 Å². The molecule has 1 N–H and O–H groups in total. The Hall–Kier alpha value is -2.37. The summed E-state index contributed by atoms with van der Waals surface area (Å²) in [6.45, 7) is 4.74. The minimum absolute atomic E-state index is 0.478. The van der Waals surface area contributed by atoms with Crippen LogP contribution in [-0.2, 0) is 20.0 Å². The number of hydrogen-bond acceptors (Lipinski definition) is 5. The number of rotatable bonds is 5. The number of aryl methyl sites for hydroxylation is 1. The first-order valence-electron chi connectivity index (χ1n) is 7.10. The van der Waals surface area contributed by atoms with Crippen LogP contribution in [0, 0.1) is 5.92 Å². The number of para-hydroxylation sites is 1. The molecule has 0 radical (unpaired) electrons. The lowest BCUT2D eigenvalue weighted by atomic mass is 10.1. The highest BCUT2D eigenvalue weighted by atomic mass is 16.5. The van der Waals surface area contributed by atoms with E-state index in [9.17, 15) is 0 Å². The number of nitrogens with zero attached hydrogens (tertiary/aromatic N) is 4. The SMILES string of the molecule is CC(C)Cc1noc(CNc2nn(C)c3ccccc23)n1. The van der Waals surface area contributed by atoms with Crippen LogP contribution in [0.4, 0.5) is 5.82 Å². The number of hydrogen-bond donors (Lipinski definition) is 1. The molecule has 21 heavy (non-hydrogen) atoms. The average molecular weight is 285 g/mol. The van der Waals surface area contributed by atoms with Gasteiger partial charge >= 0.3 is 0 Å². The molecule has 0 atom stereocenters. The smallest absolute Gasteiger partial charge is 0.245 e. The number of fused-ring (bicyclic) bond motifs is 1. The molecule has 0 unspecified atom stereocenters. The van der Waals surface area contributed by atoms with Gasteiger partial charge in [-0.15, -0.1) is 0 Å². The molecule has 3 aromatic rings. The molecule has 3 rings (SSSR count). The van der Waals surface area contributed by atoms with Gasteiger partial charge in [-0.1, -0.05) is 31.1 Å². The van der Waals surface area contributed by atoms with E-state index in [-0.39, 0.29) is 0 Å². The van der Waals surface area contributed by atoms with Gasteiger partial charge in [0.1, 0.15) is 0 Å². The number of benzene rings is 1. The van der Waals surface area contributed by atoms with E-state index >= 15 is 0 Å². The lowest BCUT2D eigenvalue weighted by Crippen LogP contribution is -2.02. The van der Waals surface area contributed by atoms with Crippen molar-refractivity contribution in [2.75, 3.05) is 5.32 Å². The van der Waals surface area contributed by atoms with Gasteiger partial charge in [-0.05, 0) is 18.1 Å². The van der Waals surface area contributed by atoms with Crippen molar-refractivity contribution in [2.24, 2.45) is 13.0 Å². The summed E-state index contributed by atoms with van der Waals surface area (Å²) in [5.41, 5.74) is 1.09. The Bertz CT molecular complexity index is 743. The van der Waals surface area contributed by atoms with Crippen molar-refractivity contribution in [1.82, 2.24) is 19.9 Å². The Kier molecular flexibility index (Phi) is 3.60. The standard InChI is InChI=1S/C15H19N5O/c1-10(2)8-13-17-14(21-19-13)9-16-15-11-6-4-5-7-12(11)20(3)18-15/h4-7,10H,8-9H2,1-3H3,(H,16,18). The van der Waals surface area contributed by atoms with Crippen LogP contribution in [0.15, 0.2) is 28.8 Å². The third-order valence-corrected chi connectivity index (χ3v) is 3.27. The van der Waals surface area contributed by atoms with Gasteiger partial charge < -0.3 is 9.84 Å². The van der Waals surface area contributed by atoms with Crippen molar-refractivity contribution in [2.45, 2.75) is 26.8 Å². The fourth-order valence-corrected chi connectivity index (χ4v) is 2.31. The summed E-state index contributed by atoms with van der Waals surface area (Å²) in [5.74, 6) is 2.69. The second kappa shape index (κ2) is 5.55. The average Bonchev–Trinajstić information content (AvgIpc) is 3.02. The van der Waals surface area contributed by atoms with Crippen molar-refractivity contribution in [3.05, 3.63) is 36.0 Å². The second-order valence-corrected chi connectivity index (χ2v) is 5.55. The maximum Gasteiger partial charge on any atom is 0.245 e.